The highest BCUT2D eigenvalue weighted by atomic mass is 15.6. The van der Waals surface area contributed by atoms with E-state index in [0.717, 1.165) is 11.1 Å². The number of nitrogens with zero attached hydrogens (tertiary/aromatic N) is 6. The summed E-state index contributed by atoms with van der Waals surface area (Å²) in [5.41, 5.74) is 8.53. The molecule has 7 nitrogen and oxygen atoms in total. The van der Waals surface area contributed by atoms with Crippen molar-refractivity contribution in [1.29, 1.82) is 0 Å². The summed E-state index contributed by atoms with van der Waals surface area (Å²) in [6, 6.07) is 7.60. The minimum absolute atomic E-state index is 0.583. The number of aromatic nitrogens is 6. The largest absolute Gasteiger partial charge is 0.398 e. The molecule has 0 aliphatic carbocycles. The molecule has 0 saturated carbocycles. The molecule has 2 heterocycles. The lowest BCUT2D eigenvalue weighted by Gasteiger charge is -2.05. The van der Waals surface area contributed by atoms with Gasteiger partial charge in [-0.3, -0.25) is 4.68 Å². The number of aryl methyl sites for hydroxylation is 2. The first-order valence-electron chi connectivity index (χ1n) is 5.80. The van der Waals surface area contributed by atoms with Crippen molar-refractivity contribution in [2.75, 3.05) is 5.73 Å². The van der Waals surface area contributed by atoms with Crippen LogP contribution in [0.4, 0.5) is 5.69 Å². The summed E-state index contributed by atoms with van der Waals surface area (Å²) < 4.78 is 3.27. The number of nitrogen functional groups attached to an aromatic ring is 1. The van der Waals surface area contributed by atoms with Crippen LogP contribution in [0.25, 0.3) is 17.2 Å². The Balaban J connectivity index is 2.17. The number of benzene rings is 1. The second kappa shape index (κ2) is 4.20. The zero-order valence-electron chi connectivity index (χ0n) is 10.6. The van der Waals surface area contributed by atoms with E-state index in [9.17, 15) is 0 Å². The topological polar surface area (TPSA) is 87.4 Å². The van der Waals surface area contributed by atoms with Crippen molar-refractivity contribution >= 4 is 5.69 Å². The van der Waals surface area contributed by atoms with Gasteiger partial charge in [0, 0.05) is 30.6 Å². The summed E-state index contributed by atoms with van der Waals surface area (Å²) in [4.78, 5) is 0. The third-order valence-corrected chi connectivity index (χ3v) is 2.84. The van der Waals surface area contributed by atoms with Gasteiger partial charge in [-0.1, -0.05) is 11.6 Å². The Labute approximate surface area is 109 Å². The molecule has 2 aromatic heterocycles. The van der Waals surface area contributed by atoms with E-state index in [1.54, 1.807) is 9.36 Å². The maximum Gasteiger partial charge on any atom is 0.191 e. The quantitative estimate of drug-likeness (QED) is 0.689. The summed E-state index contributed by atoms with van der Waals surface area (Å²) in [6.45, 7) is 2.00. The molecule has 0 saturated heterocycles. The van der Waals surface area contributed by atoms with E-state index in [1.165, 1.54) is 0 Å². The van der Waals surface area contributed by atoms with Crippen LogP contribution in [0.3, 0.4) is 0 Å². The van der Waals surface area contributed by atoms with Gasteiger partial charge in [-0.2, -0.15) is 9.78 Å². The normalized spacial score (nSPS) is 10.8. The van der Waals surface area contributed by atoms with Gasteiger partial charge < -0.3 is 5.73 Å². The van der Waals surface area contributed by atoms with Crippen LogP contribution in [0.5, 0.6) is 0 Å². The monoisotopic (exact) mass is 255 g/mol. The molecular weight excluding hydrogens is 242 g/mol. The lowest BCUT2D eigenvalue weighted by atomic mass is 10.1. The Morgan fingerprint density at radius 3 is 2.79 bits per heavy atom. The summed E-state index contributed by atoms with van der Waals surface area (Å²) >= 11 is 0. The van der Waals surface area contributed by atoms with Crippen LogP contribution in [-0.4, -0.2) is 30.0 Å². The van der Waals surface area contributed by atoms with Crippen molar-refractivity contribution in [3.63, 3.8) is 0 Å². The van der Waals surface area contributed by atoms with E-state index in [2.05, 4.69) is 20.6 Å². The van der Waals surface area contributed by atoms with Gasteiger partial charge in [0.05, 0.1) is 0 Å². The van der Waals surface area contributed by atoms with Crippen molar-refractivity contribution < 1.29 is 0 Å². The summed E-state index contributed by atoms with van der Waals surface area (Å²) in [5.74, 6) is 1.24. The fourth-order valence-electron chi connectivity index (χ4n) is 1.89. The van der Waals surface area contributed by atoms with Gasteiger partial charge in [0.1, 0.15) is 0 Å². The molecule has 0 amide bonds. The maximum atomic E-state index is 6.00. The number of hydrogen-bond donors (Lipinski definition) is 1. The SMILES string of the molecule is Cc1ccc(N)c(-c2nnnn2-c2ccn(C)n2)c1. The van der Waals surface area contributed by atoms with Crippen LogP contribution >= 0.6 is 0 Å². The third kappa shape index (κ3) is 1.95. The minimum Gasteiger partial charge on any atom is -0.398 e. The van der Waals surface area contributed by atoms with Gasteiger partial charge in [-0.05, 0) is 29.5 Å². The molecule has 0 bridgehead atoms. The van der Waals surface area contributed by atoms with Gasteiger partial charge in [0.15, 0.2) is 11.6 Å². The zero-order valence-corrected chi connectivity index (χ0v) is 10.6. The van der Waals surface area contributed by atoms with E-state index < -0.39 is 0 Å². The smallest absolute Gasteiger partial charge is 0.191 e. The average molecular weight is 255 g/mol. The lowest BCUT2D eigenvalue weighted by molar-refractivity contribution is 0.715. The van der Waals surface area contributed by atoms with Crippen LogP contribution < -0.4 is 5.73 Å². The molecule has 0 fully saturated rings. The molecule has 96 valence electrons. The summed E-state index contributed by atoms with van der Waals surface area (Å²) in [6.07, 6.45) is 1.83. The third-order valence-electron chi connectivity index (χ3n) is 2.84. The zero-order chi connectivity index (χ0) is 13.4. The highest BCUT2D eigenvalue weighted by Gasteiger charge is 2.15. The predicted octanol–water partition coefficient (Wildman–Crippen LogP) is 0.953. The number of anilines is 1. The van der Waals surface area contributed by atoms with Gasteiger partial charge in [-0.15, -0.1) is 5.10 Å². The first kappa shape index (κ1) is 11.4. The van der Waals surface area contributed by atoms with Crippen LogP contribution in [-0.2, 0) is 7.05 Å². The number of rotatable bonds is 2. The molecular formula is C12H13N7. The Morgan fingerprint density at radius 1 is 1.21 bits per heavy atom. The fraction of sp³-hybridized carbons (Fsp3) is 0.167. The average Bonchev–Trinajstić information content (AvgIpc) is 3.00. The highest BCUT2D eigenvalue weighted by molar-refractivity contribution is 5.72. The van der Waals surface area contributed by atoms with Crippen LogP contribution in [0, 0.1) is 6.92 Å². The van der Waals surface area contributed by atoms with Gasteiger partial charge >= 0.3 is 0 Å². The minimum atomic E-state index is 0.583. The van der Waals surface area contributed by atoms with Gasteiger partial charge in [0.2, 0.25) is 0 Å². The molecule has 19 heavy (non-hydrogen) atoms. The Morgan fingerprint density at radius 2 is 2.05 bits per heavy atom. The van der Waals surface area contributed by atoms with E-state index in [0.29, 0.717) is 17.3 Å². The van der Waals surface area contributed by atoms with Crippen molar-refractivity contribution in [2.24, 2.45) is 7.05 Å². The Bertz CT molecular complexity index is 725. The van der Waals surface area contributed by atoms with Gasteiger partial charge in [0.25, 0.3) is 0 Å². The molecule has 0 unspecified atom stereocenters. The number of hydrogen-bond acceptors (Lipinski definition) is 5. The van der Waals surface area contributed by atoms with Gasteiger partial charge in [-0.25, -0.2) is 0 Å². The first-order chi connectivity index (χ1) is 9.15. The highest BCUT2D eigenvalue weighted by Crippen LogP contribution is 2.25. The van der Waals surface area contributed by atoms with E-state index in [4.69, 9.17) is 5.73 Å². The molecule has 0 atom stereocenters. The lowest BCUT2D eigenvalue weighted by Crippen LogP contribution is -2.03. The van der Waals surface area contributed by atoms with Crippen molar-refractivity contribution in [2.45, 2.75) is 6.92 Å². The molecule has 7 heteroatoms. The van der Waals surface area contributed by atoms with Crippen molar-refractivity contribution in [3.05, 3.63) is 36.0 Å². The molecule has 2 N–H and O–H groups in total. The predicted molar refractivity (Wildman–Crippen MR) is 70.5 cm³/mol. The summed E-state index contributed by atoms with van der Waals surface area (Å²) in [5, 5.41) is 16.0. The van der Waals surface area contributed by atoms with E-state index >= 15 is 0 Å². The van der Waals surface area contributed by atoms with Crippen LogP contribution in [0.1, 0.15) is 5.56 Å². The maximum absolute atomic E-state index is 6.00. The standard InChI is InChI=1S/C12H13N7/c1-8-3-4-10(13)9(7-8)12-14-16-17-19(12)11-5-6-18(2)15-11/h3-7H,13H2,1-2H3. The Kier molecular flexibility index (Phi) is 2.52. The van der Waals surface area contributed by atoms with E-state index in [-0.39, 0.29) is 0 Å². The molecule has 0 aliphatic rings. The molecule has 3 rings (SSSR count). The molecule has 0 spiro atoms. The molecule has 3 aromatic rings. The van der Waals surface area contributed by atoms with Crippen molar-refractivity contribution in [3.8, 4) is 17.2 Å². The summed E-state index contributed by atoms with van der Waals surface area (Å²) in [7, 11) is 1.84. The van der Waals surface area contributed by atoms with Crippen LogP contribution in [0.2, 0.25) is 0 Å². The number of tetrazole rings is 1. The second-order valence-electron chi connectivity index (χ2n) is 4.35. The molecule has 0 radical (unpaired) electrons. The molecule has 0 aliphatic heterocycles. The van der Waals surface area contributed by atoms with E-state index in [1.807, 2.05) is 44.4 Å². The number of nitrogens with two attached hydrogens (primary N) is 1. The molecule has 1 aromatic carbocycles. The van der Waals surface area contributed by atoms with Crippen LogP contribution in [0.15, 0.2) is 30.5 Å². The Hall–Kier alpha value is -2.70. The fourth-order valence-corrected chi connectivity index (χ4v) is 1.89. The first-order valence-corrected chi connectivity index (χ1v) is 5.80. The second-order valence-corrected chi connectivity index (χ2v) is 4.35. The van der Waals surface area contributed by atoms with Crippen molar-refractivity contribution in [1.82, 2.24) is 30.0 Å².